The van der Waals surface area contributed by atoms with Crippen molar-refractivity contribution >= 4 is 12.4 Å². The molecule has 0 atom stereocenters. The molecule has 0 spiro atoms. The van der Waals surface area contributed by atoms with Crippen LogP contribution in [-0.2, 0) is 5.41 Å². The molecule has 0 saturated heterocycles. The summed E-state index contributed by atoms with van der Waals surface area (Å²) in [6, 6.07) is 11.5. The van der Waals surface area contributed by atoms with E-state index in [9.17, 15) is 0 Å². The lowest BCUT2D eigenvalue weighted by Gasteiger charge is -2.62. The quantitative estimate of drug-likeness (QED) is 0.765. The maximum Gasteiger partial charge on any atom is 0.000986 e. The highest BCUT2D eigenvalue weighted by molar-refractivity contribution is 5.85. The van der Waals surface area contributed by atoms with Gasteiger partial charge in [0.15, 0.2) is 0 Å². The number of rotatable bonds is 5. The monoisotopic (exact) mass is 319 g/mol. The van der Waals surface area contributed by atoms with Crippen LogP contribution in [0.5, 0.6) is 0 Å². The number of hydrogen-bond donors (Lipinski definition) is 1. The summed E-state index contributed by atoms with van der Waals surface area (Å²) in [4.78, 5) is 0. The van der Waals surface area contributed by atoms with Crippen molar-refractivity contribution in [2.24, 2.45) is 29.4 Å². The van der Waals surface area contributed by atoms with E-state index in [0.717, 1.165) is 30.2 Å². The Balaban J connectivity index is 0.00000144. The van der Waals surface area contributed by atoms with Crippen LogP contribution in [-0.4, -0.2) is 6.54 Å². The maximum atomic E-state index is 5.77. The minimum atomic E-state index is 0. The second-order valence-electron chi connectivity index (χ2n) is 7.96. The van der Waals surface area contributed by atoms with Crippen LogP contribution < -0.4 is 5.73 Å². The molecule has 1 aromatic carbocycles. The molecule has 0 aromatic heterocycles. The van der Waals surface area contributed by atoms with Crippen LogP contribution in [0.25, 0.3) is 0 Å². The van der Waals surface area contributed by atoms with E-state index in [1.54, 1.807) is 12.0 Å². The van der Waals surface area contributed by atoms with E-state index in [0.29, 0.717) is 5.41 Å². The van der Waals surface area contributed by atoms with E-state index in [2.05, 4.69) is 30.3 Å². The SMILES string of the molecule is Cl.NCCCCC1(c2ccccc2)C2CC3CC(C2)CC1C3. The molecule has 0 amide bonds. The first-order valence-corrected chi connectivity index (χ1v) is 9.08. The lowest BCUT2D eigenvalue weighted by atomic mass is 9.43. The van der Waals surface area contributed by atoms with Crippen LogP contribution >= 0.6 is 12.4 Å². The number of halogens is 1. The average molecular weight is 320 g/mol. The molecule has 4 saturated carbocycles. The molecular weight excluding hydrogens is 290 g/mol. The summed E-state index contributed by atoms with van der Waals surface area (Å²) in [7, 11) is 0. The van der Waals surface area contributed by atoms with E-state index >= 15 is 0 Å². The van der Waals surface area contributed by atoms with Gasteiger partial charge in [0, 0.05) is 5.41 Å². The molecular formula is C20H30ClN. The van der Waals surface area contributed by atoms with Gasteiger partial charge in [-0.3, -0.25) is 0 Å². The largest absolute Gasteiger partial charge is 0.330 e. The fraction of sp³-hybridized carbons (Fsp3) is 0.700. The van der Waals surface area contributed by atoms with Crippen molar-refractivity contribution in [2.75, 3.05) is 6.54 Å². The lowest BCUT2D eigenvalue weighted by Crippen LogP contribution is -2.55. The van der Waals surface area contributed by atoms with Gasteiger partial charge in [0.2, 0.25) is 0 Å². The first-order valence-electron chi connectivity index (χ1n) is 9.08. The van der Waals surface area contributed by atoms with E-state index in [4.69, 9.17) is 5.73 Å². The van der Waals surface area contributed by atoms with Crippen molar-refractivity contribution < 1.29 is 0 Å². The molecule has 4 fully saturated rings. The number of benzene rings is 1. The van der Waals surface area contributed by atoms with Crippen LogP contribution in [0.1, 0.15) is 56.9 Å². The Bertz CT molecular complexity index is 456. The van der Waals surface area contributed by atoms with Crippen molar-refractivity contribution in [3.63, 3.8) is 0 Å². The summed E-state index contributed by atoms with van der Waals surface area (Å²) < 4.78 is 0. The van der Waals surface area contributed by atoms with E-state index in [-0.39, 0.29) is 12.4 Å². The second kappa shape index (κ2) is 6.53. The number of nitrogens with two attached hydrogens (primary N) is 1. The molecule has 1 nitrogen and oxygen atoms in total. The molecule has 2 N–H and O–H groups in total. The molecule has 122 valence electrons. The van der Waals surface area contributed by atoms with Crippen molar-refractivity contribution in [2.45, 2.75) is 56.8 Å². The van der Waals surface area contributed by atoms with E-state index in [1.807, 2.05) is 0 Å². The third-order valence-electron chi connectivity index (χ3n) is 6.95. The predicted octanol–water partition coefficient (Wildman–Crippen LogP) is 4.93. The Labute approximate surface area is 141 Å². The fourth-order valence-corrected chi connectivity index (χ4v) is 6.36. The smallest absolute Gasteiger partial charge is 0.000986 e. The third-order valence-corrected chi connectivity index (χ3v) is 6.95. The van der Waals surface area contributed by atoms with Gasteiger partial charge in [-0.05, 0) is 80.7 Å². The van der Waals surface area contributed by atoms with Crippen molar-refractivity contribution in [1.29, 1.82) is 0 Å². The topological polar surface area (TPSA) is 26.0 Å². The van der Waals surface area contributed by atoms with Crippen molar-refractivity contribution in [3.05, 3.63) is 35.9 Å². The van der Waals surface area contributed by atoms with E-state index in [1.165, 1.54) is 44.9 Å². The van der Waals surface area contributed by atoms with Gasteiger partial charge in [0.1, 0.15) is 0 Å². The maximum absolute atomic E-state index is 5.77. The van der Waals surface area contributed by atoms with Crippen LogP contribution in [0.4, 0.5) is 0 Å². The van der Waals surface area contributed by atoms with Crippen LogP contribution in [0.2, 0.25) is 0 Å². The molecule has 4 aliphatic carbocycles. The van der Waals surface area contributed by atoms with E-state index < -0.39 is 0 Å². The molecule has 0 heterocycles. The molecule has 4 aliphatic rings. The fourth-order valence-electron chi connectivity index (χ4n) is 6.36. The molecule has 1 aromatic rings. The van der Waals surface area contributed by atoms with Gasteiger partial charge in [-0.1, -0.05) is 36.8 Å². The molecule has 0 radical (unpaired) electrons. The van der Waals surface area contributed by atoms with Gasteiger partial charge in [-0.25, -0.2) is 0 Å². The molecule has 0 aliphatic heterocycles. The Morgan fingerprint density at radius 2 is 1.45 bits per heavy atom. The average Bonchev–Trinajstić information content (AvgIpc) is 2.51. The van der Waals surface area contributed by atoms with Gasteiger partial charge in [0.05, 0.1) is 0 Å². The van der Waals surface area contributed by atoms with Crippen LogP contribution in [0, 0.1) is 23.7 Å². The Morgan fingerprint density at radius 3 is 2.00 bits per heavy atom. The Kier molecular flexibility index (Phi) is 4.85. The summed E-state index contributed by atoms with van der Waals surface area (Å²) in [6.07, 6.45) is 11.4. The molecule has 4 bridgehead atoms. The van der Waals surface area contributed by atoms with Gasteiger partial charge in [0.25, 0.3) is 0 Å². The zero-order valence-electron chi connectivity index (χ0n) is 13.5. The highest BCUT2D eigenvalue weighted by Crippen LogP contribution is 2.64. The van der Waals surface area contributed by atoms with Crippen molar-refractivity contribution in [3.8, 4) is 0 Å². The Hall–Kier alpha value is -0.530. The first kappa shape index (κ1) is 16.3. The molecule has 2 heteroatoms. The lowest BCUT2D eigenvalue weighted by molar-refractivity contribution is -0.0659. The zero-order chi connectivity index (χ0) is 14.3. The molecule has 22 heavy (non-hydrogen) atoms. The normalized spacial score (nSPS) is 38.8. The minimum Gasteiger partial charge on any atom is -0.330 e. The van der Waals surface area contributed by atoms with Gasteiger partial charge in [-0.2, -0.15) is 0 Å². The Morgan fingerprint density at radius 1 is 0.864 bits per heavy atom. The van der Waals surface area contributed by atoms with Crippen LogP contribution in [0.3, 0.4) is 0 Å². The van der Waals surface area contributed by atoms with Crippen molar-refractivity contribution in [1.82, 2.24) is 0 Å². The second-order valence-corrected chi connectivity index (χ2v) is 7.96. The molecule has 5 rings (SSSR count). The molecule has 0 unspecified atom stereocenters. The third kappa shape index (κ3) is 2.51. The summed E-state index contributed by atoms with van der Waals surface area (Å²) in [5.41, 5.74) is 7.91. The summed E-state index contributed by atoms with van der Waals surface area (Å²) in [5, 5.41) is 0. The van der Waals surface area contributed by atoms with Crippen LogP contribution in [0.15, 0.2) is 30.3 Å². The predicted molar refractivity (Wildman–Crippen MR) is 95.3 cm³/mol. The van der Waals surface area contributed by atoms with Gasteiger partial charge >= 0.3 is 0 Å². The number of unbranched alkanes of at least 4 members (excludes halogenated alkanes) is 1. The summed E-state index contributed by atoms with van der Waals surface area (Å²) in [5.74, 6) is 4.01. The summed E-state index contributed by atoms with van der Waals surface area (Å²) >= 11 is 0. The number of hydrogen-bond acceptors (Lipinski definition) is 1. The minimum absolute atomic E-state index is 0. The van der Waals surface area contributed by atoms with Gasteiger partial charge in [-0.15, -0.1) is 12.4 Å². The highest BCUT2D eigenvalue weighted by Gasteiger charge is 2.57. The standard InChI is InChI=1S/C20H29N.ClH/c21-9-5-4-8-20(17-6-2-1-3-7-17)18-11-15-10-16(13-18)14-19(20)12-15;/h1-3,6-7,15-16,18-19H,4-5,8-14,21H2;1H. The van der Waals surface area contributed by atoms with Gasteiger partial charge < -0.3 is 5.73 Å². The zero-order valence-corrected chi connectivity index (χ0v) is 14.4. The first-order chi connectivity index (χ1) is 10.3. The highest BCUT2D eigenvalue weighted by atomic mass is 35.5. The summed E-state index contributed by atoms with van der Waals surface area (Å²) in [6.45, 7) is 0.853.